The third kappa shape index (κ3) is 4.22. The molecule has 1 aromatic rings. The van der Waals surface area contributed by atoms with Crippen LogP contribution in [0.15, 0.2) is 4.79 Å². The van der Waals surface area contributed by atoms with Crippen LogP contribution in [-0.2, 0) is 21.1 Å². The zero-order chi connectivity index (χ0) is 18.4. The van der Waals surface area contributed by atoms with Gasteiger partial charge in [0.2, 0.25) is 5.95 Å². The number of nitrogen functional groups attached to an aromatic ring is 1. The molecular weight excluding hydrogens is 326 g/mol. The van der Waals surface area contributed by atoms with Gasteiger partial charge < -0.3 is 20.6 Å². The summed E-state index contributed by atoms with van der Waals surface area (Å²) in [5, 5.41) is 4.20. The molecule has 3 N–H and O–H groups in total. The standard InChI is InChI=1S/C16H27N5O4/c1-4-7-11(8-5-2)15(23)25-21-9-18-12-13(21)19-16(17)20(14(12)22)10-24-6-3/h11,18H,4-10H2,1-3H3,(H2,17,19). The van der Waals surface area contributed by atoms with Gasteiger partial charge in [-0.1, -0.05) is 26.7 Å². The lowest BCUT2D eigenvalue weighted by Crippen LogP contribution is -2.31. The lowest BCUT2D eigenvalue weighted by molar-refractivity contribution is -0.150. The summed E-state index contributed by atoms with van der Waals surface area (Å²) >= 11 is 0. The average molecular weight is 353 g/mol. The molecule has 9 heteroatoms. The van der Waals surface area contributed by atoms with Crippen LogP contribution in [0.25, 0.3) is 0 Å². The molecule has 0 saturated heterocycles. The fourth-order valence-electron chi connectivity index (χ4n) is 2.76. The predicted octanol–water partition coefficient (Wildman–Crippen LogP) is 1.68. The highest BCUT2D eigenvalue weighted by atomic mass is 16.7. The first-order valence-electron chi connectivity index (χ1n) is 8.74. The van der Waals surface area contributed by atoms with E-state index in [-0.39, 0.29) is 48.3 Å². The van der Waals surface area contributed by atoms with Crippen molar-refractivity contribution in [2.24, 2.45) is 5.92 Å². The van der Waals surface area contributed by atoms with Gasteiger partial charge in [0.1, 0.15) is 19.1 Å². The lowest BCUT2D eigenvalue weighted by atomic mass is 9.99. The Morgan fingerprint density at radius 3 is 2.60 bits per heavy atom. The first-order valence-corrected chi connectivity index (χ1v) is 8.74. The predicted molar refractivity (Wildman–Crippen MR) is 94.9 cm³/mol. The van der Waals surface area contributed by atoms with E-state index in [1.165, 1.54) is 9.63 Å². The van der Waals surface area contributed by atoms with Gasteiger partial charge in [0.15, 0.2) is 5.82 Å². The van der Waals surface area contributed by atoms with Gasteiger partial charge in [0, 0.05) is 6.61 Å². The molecule has 0 amide bonds. The van der Waals surface area contributed by atoms with Crippen molar-refractivity contribution in [2.45, 2.75) is 53.2 Å². The van der Waals surface area contributed by atoms with E-state index in [0.29, 0.717) is 6.61 Å². The number of hydrogen-bond donors (Lipinski definition) is 2. The molecule has 1 aromatic heterocycles. The van der Waals surface area contributed by atoms with Crippen molar-refractivity contribution in [3.05, 3.63) is 10.4 Å². The van der Waals surface area contributed by atoms with Gasteiger partial charge in [0.05, 0.1) is 5.92 Å². The van der Waals surface area contributed by atoms with Crippen LogP contribution in [0.2, 0.25) is 0 Å². The van der Waals surface area contributed by atoms with Gasteiger partial charge in [-0.3, -0.25) is 9.36 Å². The van der Waals surface area contributed by atoms with Crippen LogP contribution < -0.4 is 21.7 Å². The minimum atomic E-state index is -0.354. The summed E-state index contributed by atoms with van der Waals surface area (Å²) in [5.41, 5.74) is 5.76. The number of anilines is 3. The van der Waals surface area contributed by atoms with Crippen molar-refractivity contribution in [1.29, 1.82) is 0 Å². The van der Waals surface area contributed by atoms with Gasteiger partial charge >= 0.3 is 5.97 Å². The molecule has 0 radical (unpaired) electrons. The second kappa shape index (κ2) is 8.70. The van der Waals surface area contributed by atoms with Crippen molar-refractivity contribution < 1.29 is 14.4 Å². The Labute approximate surface area is 147 Å². The lowest BCUT2D eigenvalue weighted by Gasteiger charge is -2.20. The normalized spacial score (nSPS) is 13.0. The molecule has 0 atom stereocenters. The largest absolute Gasteiger partial charge is 0.369 e. The van der Waals surface area contributed by atoms with E-state index in [4.69, 9.17) is 15.3 Å². The Hall–Kier alpha value is -2.29. The van der Waals surface area contributed by atoms with Gasteiger partial charge in [-0.25, -0.2) is 4.79 Å². The molecule has 0 saturated carbocycles. The summed E-state index contributed by atoms with van der Waals surface area (Å²) in [7, 11) is 0. The highest BCUT2D eigenvalue weighted by Crippen LogP contribution is 2.28. The number of carbonyl (C=O) groups is 1. The number of hydroxylamine groups is 1. The molecule has 0 spiro atoms. The zero-order valence-electron chi connectivity index (χ0n) is 15.1. The minimum Gasteiger partial charge on any atom is -0.369 e. The van der Waals surface area contributed by atoms with E-state index in [0.717, 1.165) is 25.7 Å². The zero-order valence-corrected chi connectivity index (χ0v) is 15.1. The summed E-state index contributed by atoms with van der Waals surface area (Å²) in [6.07, 6.45) is 3.35. The number of rotatable bonds is 9. The fraction of sp³-hybridized carbons (Fsp3) is 0.688. The SMILES string of the molecule is CCCC(CCC)C(=O)ON1CNc2c1nc(N)n(COCC)c2=O. The molecule has 2 heterocycles. The number of fused-ring (bicyclic) bond motifs is 1. The molecule has 0 unspecified atom stereocenters. The van der Waals surface area contributed by atoms with E-state index in [1.54, 1.807) is 0 Å². The molecule has 140 valence electrons. The van der Waals surface area contributed by atoms with E-state index >= 15 is 0 Å². The Morgan fingerprint density at radius 2 is 2.00 bits per heavy atom. The van der Waals surface area contributed by atoms with Gasteiger partial charge in [0.25, 0.3) is 5.56 Å². The summed E-state index contributed by atoms with van der Waals surface area (Å²) < 4.78 is 6.47. The van der Waals surface area contributed by atoms with E-state index in [2.05, 4.69) is 10.3 Å². The third-order valence-corrected chi connectivity index (χ3v) is 4.05. The topological polar surface area (TPSA) is 112 Å². The molecule has 1 aliphatic rings. The maximum absolute atomic E-state index is 12.5. The number of carbonyl (C=O) groups excluding carboxylic acids is 1. The van der Waals surface area contributed by atoms with Crippen LogP contribution in [0.4, 0.5) is 17.5 Å². The maximum atomic E-state index is 12.5. The van der Waals surface area contributed by atoms with Crippen molar-refractivity contribution in [3.63, 3.8) is 0 Å². The van der Waals surface area contributed by atoms with Crippen molar-refractivity contribution in [3.8, 4) is 0 Å². The quantitative estimate of drug-likeness (QED) is 0.690. The Balaban J connectivity index is 2.18. The first kappa shape index (κ1) is 19.0. The third-order valence-electron chi connectivity index (χ3n) is 4.05. The second-order valence-corrected chi connectivity index (χ2v) is 5.92. The van der Waals surface area contributed by atoms with Crippen LogP contribution in [0.5, 0.6) is 0 Å². The highest BCUT2D eigenvalue weighted by molar-refractivity contribution is 5.76. The molecule has 0 bridgehead atoms. The minimum absolute atomic E-state index is 0.0145. The number of nitrogens with two attached hydrogens (primary N) is 1. The van der Waals surface area contributed by atoms with Gasteiger partial charge in [-0.15, -0.1) is 0 Å². The van der Waals surface area contributed by atoms with Crippen LogP contribution in [0.3, 0.4) is 0 Å². The smallest absolute Gasteiger partial charge is 0.335 e. The molecule has 25 heavy (non-hydrogen) atoms. The Morgan fingerprint density at radius 1 is 1.32 bits per heavy atom. The number of nitrogens with one attached hydrogen (secondary N) is 1. The average Bonchev–Trinajstić information content (AvgIpc) is 2.97. The van der Waals surface area contributed by atoms with Crippen molar-refractivity contribution in [2.75, 3.05) is 29.4 Å². The summed E-state index contributed by atoms with van der Waals surface area (Å²) in [6.45, 7) is 6.53. The molecule has 0 fully saturated rings. The highest BCUT2D eigenvalue weighted by Gasteiger charge is 2.30. The molecular formula is C16H27N5O4. The van der Waals surface area contributed by atoms with E-state index < -0.39 is 0 Å². The van der Waals surface area contributed by atoms with Gasteiger partial charge in [-0.2, -0.15) is 10.0 Å². The van der Waals surface area contributed by atoms with Crippen LogP contribution in [0.1, 0.15) is 46.5 Å². The fourth-order valence-corrected chi connectivity index (χ4v) is 2.76. The molecule has 0 aromatic carbocycles. The Bertz CT molecular complexity index is 655. The van der Waals surface area contributed by atoms with Crippen molar-refractivity contribution >= 4 is 23.4 Å². The molecule has 2 rings (SSSR count). The molecule has 9 nitrogen and oxygen atoms in total. The molecule has 1 aliphatic heterocycles. The number of hydrogen-bond acceptors (Lipinski definition) is 8. The number of aromatic nitrogens is 2. The van der Waals surface area contributed by atoms with Crippen LogP contribution >= 0.6 is 0 Å². The van der Waals surface area contributed by atoms with Crippen molar-refractivity contribution in [1.82, 2.24) is 9.55 Å². The monoisotopic (exact) mass is 353 g/mol. The number of ether oxygens (including phenoxy) is 1. The Kier molecular flexibility index (Phi) is 6.63. The summed E-state index contributed by atoms with van der Waals surface area (Å²) in [4.78, 5) is 34.6. The van der Waals surface area contributed by atoms with E-state index in [9.17, 15) is 9.59 Å². The van der Waals surface area contributed by atoms with Crippen LogP contribution in [0, 0.1) is 5.92 Å². The molecule has 0 aliphatic carbocycles. The summed E-state index contributed by atoms with van der Waals surface area (Å²) in [5.74, 6) is -0.220. The summed E-state index contributed by atoms with van der Waals surface area (Å²) in [6, 6.07) is 0. The van der Waals surface area contributed by atoms with Gasteiger partial charge in [-0.05, 0) is 19.8 Å². The van der Waals surface area contributed by atoms with Crippen LogP contribution in [-0.4, -0.2) is 28.8 Å². The maximum Gasteiger partial charge on any atom is 0.335 e. The second-order valence-electron chi connectivity index (χ2n) is 5.92. The van der Waals surface area contributed by atoms with E-state index in [1.807, 2.05) is 20.8 Å². The first-order chi connectivity index (χ1) is 12.0. The number of nitrogens with zero attached hydrogens (tertiary/aromatic N) is 3.